The normalized spacial score (nSPS) is 11.8. The monoisotopic (exact) mass is 291 g/mol. The number of halogens is 3. The fraction of sp³-hybridized carbons (Fsp3) is 0.571. The third kappa shape index (κ3) is 5.55. The summed E-state index contributed by atoms with van der Waals surface area (Å²) in [4.78, 5) is 0. The highest BCUT2D eigenvalue weighted by atomic mass is 35.5. The van der Waals surface area contributed by atoms with Crippen molar-refractivity contribution in [2.45, 2.75) is 33.2 Å². The van der Waals surface area contributed by atoms with E-state index < -0.39 is 0 Å². The first-order valence-electron chi connectivity index (χ1n) is 6.15. The van der Waals surface area contributed by atoms with Crippen molar-refractivity contribution in [1.29, 1.82) is 0 Å². The number of hydrogen-bond acceptors (Lipinski definition) is 1. The van der Waals surface area contributed by atoms with E-state index in [4.69, 9.17) is 23.2 Å². The molecule has 1 nitrogen and oxygen atoms in total. The fourth-order valence-electron chi connectivity index (χ4n) is 1.85. The lowest BCUT2D eigenvalue weighted by Crippen LogP contribution is -2.29. The lowest BCUT2D eigenvalue weighted by molar-refractivity contribution is 0.310. The zero-order valence-electron chi connectivity index (χ0n) is 10.9. The molecule has 0 bridgehead atoms. The van der Waals surface area contributed by atoms with Gasteiger partial charge in [-0.15, -0.1) is 11.6 Å². The van der Waals surface area contributed by atoms with Gasteiger partial charge >= 0.3 is 0 Å². The molecule has 0 atom stereocenters. The molecule has 0 aliphatic rings. The molecule has 0 radical (unpaired) electrons. The molecule has 0 aromatic heterocycles. The highest BCUT2D eigenvalue weighted by Gasteiger charge is 2.16. The molecule has 1 N–H and O–H groups in total. The maximum Gasteiger partial charge on any atom is 0.127 e. The molecule has 1 rings (SSSR count). The Morgan fingerprint density at radius 3 is 2.72 bits per heavy atom. The van der Waals surface area contributed by atoms with Crippen LogP contribution >= 0.6 is 23.2 Å². The molecule has 18 heavy (non-hydrogen) atoms. The lowest BCUT2D eigenvalue weighted by Gasteiger charge is -2.24. The van der Waals surface area contributed by atoms with Gasteiger partial charge in [0.15, 0.2) is 0 Å². The summed E-state index contributed by atoms with van der Waals surface area (Å²) in [5, 5.41) is 3.84. The van der Waals surface area contributed by atoms with Gasteiger partial charge in [-0.3, -0.25) is 0 Å². The number of benzene rings is 1. The van der Waals surface area contributed by atoms with Crippen molar-refractivity contribution >= 4 is 23.2 Å². The van der Waals surface area contributed by atoms with Crippen LogP contribution in [0.15, 0.2) is 18.2 Å². The molecule has 0 amide bonds. The van der Waals surface area contributed by atoms with Gasteiger partial charge in [0.2, 0.25) is 0 Å². The van der Waals surface area contributed by atoms with Gasteiger partial charge in [-0.1, -0.05) is 25.4 Å². The molecule has 0 fully saturated rings. The molecule has 1 aromatic rings. The van der Waals surface area contributed by atoms with Crippen molar-refractivity contribution in [1.82, 2.24) is 5.32 Å². The third-order valence-corrected chi connectivity index (χ3v) is 3.42. The van der Waals surface area contributed by atoms with Gasteiger partial charge in [-0.25, -0.2) is 4.39 Å². The Morgan fingerprint density at radius 1 is 1.33 bits per heavy atom. The van der Waals surface area contributed by atoms with E-state index in [9.17, 15) is 4.39 Å². The second-order valence-corrected chi connectivity index (χ2v) is 6.11. The molecule has 0 spiro atoms. The predicted octanol–water partition coefficient (Wildman–Crippen LogP) is 4.61. The van der Waals surface area contributed by atoms with Crippen LogP contribution < -0.4 is 5.32 Å². The maximum atomic E-state index is 13.5. The second kappa shape index (κ2) is 7.32. The summed E-state index contributed by atoms with van der Waals surface area (Å²) < 4.78 is 13.5. The van der Waals surface area contributed by atoms with E-state index in [-0.39, 0.29) is 11.2 Å². The highest BCUT2D eigenvalue weighted by molar-refractivity contribution is 6.30. The van der Waals surface area contributed by atoms with Crippen molar-refractivity contribution in [2.24, 2.45) is 5.41 Å². The first-order valence-corrected chi connectivity index (χ1v) is 7.06. The molecule has 0 saturated heterocycles. The summed E-state index contributed by atoms with van der Waals surface area (Å²) in [5.41, 5.74) is 0.778. The second-order valence-electron chi connectivity index (χ2n) is 5.30. The Morgan fingerprint density at radius 2 is 2.06 bits per heavy atom. The Bertz CT molecular complexity index is 380. The van der Waals surface area contributed by atoms with Crippen molar-refractivity contribution < 1.29 is 4.39 Å². The zero-order valence-corrected chi connectivity index (χ0v) is 12.4. The van der Waals surface area contributed by atoms with E-state index >= 15 is 0 Å². The van der Waals surface area contributed by atoms with Crippen molar-refractivity contribution in [2.75, 3.05) is 12.4 Å². The quantitative estimate of drug-likeness (QED) is 0.723. The molecule has 102 valence electrons. The molecule has 4 heteroatoms. The fourth-order valence-corrected chi connectivity index (χ4v) is 2.18. The van der Waals surface area contributed by atoms with E-state index in [1.807, 2.05) is 0 Å². The van der Waals surface area contributed by atoms with Crippen LogP contribution in [0.25, 0.3) is 0 Å². The van der Waals surface area contributed by atoms with Crippen molar-refractivity contribution in [3.05, 3.63) is 34.6 Å². The Balaban J connectivity index is 2.43. The summed E-state index contributed by atoms with van der Waals surface area (Å²) in [6, 6.07) is 4.62. The van der Waals surface area contributed by atoms with Crippen LogP contribution in [0.4, 0.5) is 4.39 Å². The Labute approximate surface area is 119 Å². The summed E-state index contributed by atoms with van der Waals surface area (Å²) in [6.45, 7) is 5.69. The smallest absolute Gasteiger partial charge is 0.127 e. The first kappa shape index (κ1) is 15.7. The van der Waals surface area contributed by atoms with Crippen LogP contribution in [-0.4, -0.2) is 12.4 Å². The molecular weight excluding hydrogens is 272 g/mol. The minimum atomic E-state index is -0.217. The molecule has 0 aliphatic carbocycles. The molecule has 0 saturated carbocycles. The van der Waals surface area contributed by atoms with Crippen LogP contribution in [-0.2, 0) is 6.54 Å². The highest BCUT2D eigenvalue weighted by Crippen LogP contribution is 2.22. The van der Waals surface area contributed by atoms with Crippen molar-refractivity contribution in [3.63, 3.8) is 0 Å². The Kier molecular flexibility index (Phi) is 6.40. The standard InChI is InChI=1S/C14H20Cl2FN/c1-14(2,6-3-7-15)10-18-9-11-8-12(16)4-5-13(11)17/h4-5,8,18H,3,6-7,9-10H2,1-2H3. The van der Waals surface area contributed by atoms with Gasteiger partial charge in [0.1, 0.15) is 5.82 Å². The van der Waals surface area contributed by atoms with E-state index in [1.54, 1.807) is 12.1 Å². The SMILES string of the molecule is CC(C)(CCCCl)CNCc1cc(Cl)ccc1F. The Hall–Kier alpha value is -0.310. The lowest BCUT2D eigenvalue weighted by atomic mass is 9.88. The van der Waals surface area contributed by atoms with Crippen molar-refractivity contribution in [3.8, 4) is 0 Å². The number of nitrogens with one attached hydrogen (secondary N) is 1. The predicted molar refractivity (Wildman–Crippen MR) is 76.9 cm³/mol. The van der Waals surface area contributed by atoms with Gasteiger partial charge in [-0.2, -0.15) is 0 Å². The van der Waals surface area contributed by atoms with Gasteiger partial charge in [0.25, 0.3) is 0 Å². The molecule has 0 unspecified atom stereocenters. The minimum Gasteiger partial charge on any atom is -0.312 e. The van der Waals surface area contributed by atoms with Crippen LogP contribution in [0.3, 0.4) is 0 Å². The van der Waals surface area contributed by atoms with Gasteiger partial charge in [0, 0.05) is 29.6 Å². The minimum absolute atomic E-state index is 0.171. The molecule has 0 aliphatic heterocycles. The zero-order chi connectivity index (χ0) is 13.6. The number of rotatable bonds is 7. The van der Waals surface area contributed by atoms with E-state index in [2.05, 4.69) is 19.2 Å². The van der Waals surface area contributed by atoms with Crippen LogP contribution in [0, 0.1) is 11.2 Å². The topological polar surface area (TPSA) is 12.0 Å². The average molecular weight is 292 g/mol. The van der Waals surface area contributed by atoms with E-state index in [0.717, 1.165) is 19.4 Å². The van der Waals surface area contributed by atoms with Gasteiger partial charge in [-0.05, 0) is 36.5 Å². The van der Waals surface area contributed by atoms with Gasteiger partial charge in [0.05, 0.1) is 0 Å². The average Bonchev–Trinajstić information content (AvgIpc) is 2.31. The third-order valence-electron chi connectivity index (χ3n) is 2.91. The molecule has 1 aromatic carbocycles. The summed E-state index contributed by atoms with van der Waals surface area (Å²) in [7, 11) is 0. The summed E-state index contributed by atoms with van der Waals surface area (Å²) in [5.74, 6) is 0.470. The van der Waals surface area contributed by atoms with E-state index in [1.165, 1.54) is 6.07 Å². The number of hydrogen-bond donors (Lipinski definition) is 1. The van der Waals surface area contributed by atoms with Crippen LogP contribution in [0.2, 0.25) is 5.02 Å². The van der Waals surface area contributed by atoms with Gasteiger partial charge < -0.3 is 5.32 Å². The molecule has 0 heterocycles. The van der Waals surface area contributed by atoms with E-state index in [0.29, 0.717) is 23.0 Å². The maximum absolute atomic E-state index is 13.5. The molecular formula is C14H20Cl2FN. The first-order chi connectivity index (χ1) is 8.44. The van der Waals surface area contributed by atoms with Crippen LogP contribution in [0.5, 0.6) is 0 Å². The summed E-state index contributed by atoms with van der Waals surface area (Å²) >= 11 is 11.5. The number of alkyl halides is 1. The summed E-state index contributed by atoms with van der Waals surface area (Å²) in [6.07, 6.45) is 2.06. The van der Waals surface area contributed by atoms with Crippen LogP contribution in [0.1, 0.15) is 32.3 Å². The largest absolute Gasteiger partial charge is 0.312 e.